The van der Waals surface area contributed by atoms with Gasteiger partial charge in [0.25, 0.3) is 0 Å². The fourth-order valence-electron chi connectivity index (χ4n) is 8.55. The highest BCUT2D eigenvalue weighted by Gasteiger charge is 2.20. The van der Waals surface area contributed by atoms with Crippen molar-refractivity contribution in [2.45, 2.75) is 0 Å². The third-order valence-electron chi connectivity index (χ3n) is 11.1. The normalized spacial score (nSPS) is 11.9. The Bertz CT molecular complexity index is 3440. The summed E-state index contributed by atoms with van der Waals surface area (Å²) in [6.07, 6.45) is 0. The number of benzene rings is 9. The lowest BCUT2D eigenvalue weighted by Crippen LogP contribution is -2.00. The Morgan fingerprint density at radius 2 is 0.768 bits per heavy atom. The number of aromatic nitrogens is 3. The van der Waals surface area contributed by atoms with Crippen LogP contribution in [0.3, 0.4) is 0 Å². The molecule has 3 nitrogen and oxygen atoms in total. The van der Waals surface area contributed by atoms with E-state index in [0.29, 0.717) is 17.5 Å². The van der Waals surface area contributed by atoms with Gasteiger partial charge in [0, 0.05) is 57.0 Å². The van der Waals surface area contributed by atoms with Crippen molar-refractivity contribution in [2.75, 3.05) is 0 Å². The Hall–Kier alpha value is -6.79. The lowest BCUT2D eigenvalue weighted by atomic mass is 9.92. The molecule has 12 aromatic rings. The van der Waals surface area contributed by atoms with Crippen LogP contribution in [0.25, 0.3) is 118 Å². The number of hydrogen-bond donors (Lipinski definition) is 0. The average Bonchev–Trinajstić information content (AvgIpc) is 3.85. The van der Waals surface area contributed by atoms with Gasteiger partial charge in [0.1, 0.15) is 0 Å². The molecule has 0 unspecified atom stereocenters. The molecule has 0 saturated heterocycles. The summed E-state index contributed by atoms with van der Waals surface area (Å²) in [6, 6.07) is 63.0. The van der Waals surface area contributed by atoms with Crippen LogP contribution in [0, 0.1) is 0 Å². The molecule has 9 aromatic carbocycles. The molecule has 0 bridgehead atoms. The van der Waals surface area contributed by atoms with Crippen LogP contribution in [0.1, 0.15) is 0 Å². The molecule has 3 heterocycles. The summed E-state index contributed by atoms with van der Waals surface area (Å²) in [5, 5.41) is 12.9. The van der Waals surface area contributed by atoms with Gasteiger partial charge in [0.2, 0.25) is 0 Å². The number of nitrogens with zero attached hydrogens (tertiary/aromatic N) is 3. The molecule has 0 N–H and O–H groups in total. The van der Waals surface area contributed by atoms with Crippen molar-refractivity contribution in [3.8, 4) is 45.3 Å². The van der Waals surface area contributed by atoms with E-state index in [0.717, 1.165) is 16.7 Å². The maximum absolute atomic E-state index is 5.11. The van der Waals surface area contributed by atoms with Crippen molar-refractivity contribution in [2.24, 2.45) is 0 Å². The van der Waals surface area contributed by atoms with E-state index in [2.05, 4.69) is 140 Å². The Labute approximate surface area is 329 Å². The predicted octanol–water partition coefficient (Wildman–Crippen LogP) is 14.7. The third kappa shape index (κ3) is 4.78. The molecule has 0 radical (unpaired) electrons. The summed E-state index contributed by atoms with van der Waals surface area (Å²) in [5.41, 5.74) is 5.46. The minimum Gasteiger partial charge on any atom is -0.208 e. The molecule has 0 aliphatic carbocycles. The zero-order valence-electron chi connectivity index (χ0n) is 29.9. The molecule has 0 spiro atoms. The maximum Gasteiger partial charge on any atom is 0.165 e. The van der Waals surface area contributed by atoms with Crippen LogP contribution >= 0.6 is 22.7 Å². The number of hydrogen-bond acceptors (Lipinski definition) is 5. The van der Waals surface area contributed by atoms with Gasteiger partial charge in [0.05, 0.1) is 0 Å². The van der Waals surface area contributed by atoms with Gasteiger partial charge in [-0.25, -0.2) is 15.0 Å². The predicted molar refractivity (Wildman–Crippen MR) is 240 cm³/mol. The van der Waals surface area contributed by atoms with Gasteiger partial charge < -0.3 is 0 Å². The fourth-order valence-corrected chi connectivity index (χ4v) is 11.2. The van der Waals surface area contributed by atoms with Gasteiger partial charge in [-0.1, -0.05) is 158 Å². The van der Waals surface area contributed by atoms with Gasteiger partial charge in [0.15, 0.2) is 17.5 Å². The van der Waals surface area contributed by atoms with Gasteiger partial charge in [-0.3, -0.25) is 0 Å². The van der Waals surface area contributed by atoms with Gasteiger partial charge >= 0.3 is 0 Å². The minimum absolute atomic E-state index is 0.668. The summed E-state index contributed by atoms with van der Waals surface area (Å²) in [7, 11) is 0. The molecule has 12 rings (SSSR count). The minimum atomic E-state index is 0.668. The van der Waals surface area contributed by atoms with Crippen LogP contribution in [0.5, 0.6) is 0 Å². The largest absolute Gasteiger partial charge is 0.208 e. The van der Waals surface area contributed by atoms with Crippen LogP contribution in [0.2, 0.25) is 0 Å². The van der Waals surface area contributed by atoms with Crippen molar-refractivity contribution >= 4 is 95.3 Å². The first-order chi connectivity index (χ1) is 27.8. The van der Waals surface area contributed by atoms with E-state index in [1.807, 2.05) is 59.1 Å². The Balaban J connectivity index is 1.07. The molecule has 3 aromatic heterocycles. The third-order valence-corrected chi connectivity index (χ3v) is 13.6. The standard InChI is InChI=1S/C51H29N3S2/c1-3-13-30(14-4-1)49-52-50(31-15-5-2-6-16-31)54-51(53-49)42-24-12-22-39-40-27-28-44-45(48(40)56-47(39)42)41-23-11-21-33(46(41)55-44)32-25-26-38-36-19-8-7-17-34(36)35-18-9-10-20-37(35)43(38)29-32/h1-29H. The summed E-state index contributed by atoms with van der Waals surface area (Å²) < 4.78 is 5.09. The first-order valence-electron chi connectivity index (χ1n) is 18.8. The van der Waals surface area contributed by atoms with Crippen molar-refractivity contribution in [3.05, 3.63) is 176 Å². The maximum atomic E-state index is 5.11. The quantitative estimate of drug-likeness (QED) is 0.168. The van der Waals surface area contributed by atoms with Crippen molar-refractivity contribution in [3.63, 3.8) is 0 Å². The van der Waals surface area contributed by atoms with Gasteiger partial charge in [-0.05, 0) is 61.6 Å². The van der Waals surface area contributed by atoms with E-state index >= 15 is 0 Å². The van der Waals surface area contributed by atoms with Crippen molar-refractivity contribution < 1.29 is 0 Å². The zero-order valence-corrected chi connectivity index (χ0v) is 31.5. The first kappa shape index (κ1) is 31.5. The van der Waals surface area contributed by atoms with Crippen LogP contribution in [-0.2, 0) is 0 Å². The van der Waals surface area contributed by atoms with Crippen LogP contribution in [0.15, 0.2) is 176 Å². The molecule has 260 valence electrons. The van der Waals surface area contributed by atoms with E-state index in [-0.39, 0.29) is 0 Å². The van der Waals surface area contributed by atoms with Crippen LogP contribution in [-0.4, -0.2) is 15.0 Å². The number of thiophene rings is 2. The molecule has 0 aliphatic heterocycles. The van der Waals surface area contributed by atoms with Gasteiger partial charge in [-0.2, -0.15) is 0 Å². The monoisotopic (exact) mass is 747 g/mol. The second-order valence-electron chi connectivity index (χ2n) is 14.3. The van der Waals surface area contributed by atoms with Crippen molar-refractivity contribution in [1.29, 1.82) is 0 Å². The molecule has 56 heavy (non-hydrogen) atoms. The summed E-state index contributed by atoms with van der Waals surface area (Å²) in [6.45, 7) is 0. The summed E-state index contributed by atoms with van der Waals surface area (Å²) >= 11 is 3.74. The molecule has 0 aliphatic rings. The molecule has 0 amide bonds. The Morgan fingerprint density at radius 3 is 1.43 bits per heavy atom. The molecule has 0 atom stereocenters. The smallest absolute Gasteiger partial charge is 0.165 e. The van der Waals surface area contributed by atoms with E-state index in [4.69, 9.17) is 15.0 Å². The molecule has 5 heteroatoms. The average molecular weight is 748 g/mol. The van der Waals surface area contributed by atoms with Crippen molar-refractivity contribution in [1.82, 2.24) is 15.0 Å². The lowest BCUT2D eigenvalue weighted by Gasteiger charge is -2.12. The highest BCUT2D eigenvalue weighted by molar-refractivity contribution is 7.30. The second kappa shape index (κ2) is 12.4. The molecule has 0 fully saturated rings. The summed E-state index contributed by atoms with van der Waals surface area (Å²) in [4.78, 5) is 15.2. The van der Waals surface area contributed by atoms with E-state index in [1.54, 1.807) is 0 Å². The van der Waals surface area contributed by atoms with E-state index in [9.17, 15) is 0 Å². The second-order valence-corrected chi connectivity index (χ2v) is 16.3. The van der Waals surface area contributed by atoms with Crippen LogP contribution < -0.4 is 0 Å². The van der Waals surface area contributed by atoms with Gasteiger partial charge in [-0.15, -0.1) is 22.7 Å². The van der Waals surface area contributed by atoms with Crippen LogP contribution in [0.4, 0.5) is 0 Å². The highest BCUT2D eigenvalue weighted by atomic mass is 32.1. The fraction of sp³-hybridized carbons (Fsp3) is 0. The molecular formula is C51H29N3S2. The number of rotatable bonds is 4. The Kier molecular flexibility index (Phi) is 6.97. The topological polar surface area (TPSA) is 38.7 Å². The van der Waals surface area contributed by atoms with E-state index < -0.39 is 0 Å². The van der Waals surface area contributed by atoms with E-state index in [1.165, 1.54) is 83.8 Å². The molecule has 0 saturated carbocycles. The number of fused-ring (bicyclic) bond motifs is 13. The SMILES string of the molecule is c1ccc(-c2nc(-c3ccccc3)nc(-c3cccc4c3sc3c4ccc4sc5c(-c6ccc7c8ccccc8c8ccccc8c7c6)cccc5c43)n2)cc1. The first-order valence-corrected chi connectivity index (χ1v) is 20.4. The highest BCUT2D eigenvalue weighted by Crippen LogP contribution is 2.49. The Morgan fingerprint density at radius 1 is 0.286 bits per heavy atom. The lowest BCUT2D eigenvalue weighted by molar-refractivity contribution is 1.08. The summed E-state index contributed by atoms with van der Waals surface area (Å²) in [5.74, 6) is 2.02. The zero-order chi connectivity index (χ0) is 36.7. The molecular weight excluding hydrogens is 719 g/mol.